The number of aromatic nitrogens is 1. The number of pyridine rings is 1. The Balaban J connectivity index is 2.28. The van der Waals surface area contributed by atoms with Gasteiger partial charge in [-0.05, 0) is 46.3 Å². The number of carbonyl (C=O) groups is 1. The van der Waals surface area contributed by atoms with Gasteiger partial charge in [-0.1, -0.05) is 0 Å². The van der Waals surface area contributed by atoms with Crippen LogP contribution in [0.3, 0.4) is 0 Å². The quantitative estimate of drug-likeness (QED) is 0.847. The summed E-state index contributed by atoms with van der Waals surface area (Å²) < 4.78 is 26.7. The molecule has 0 saturated heterocycles. The van der Waals surface area contributed by atoms with E-state index in [1.807, 2.05) is 0 Å². The first-order valence-corrected chi connectivity index (χ1v) is 6.13. The van der Waals surface area contributed by atoms with Crippen molar-refractivity contribution in [1.82, 2.24) is 4.98 Å². The van der Waals surface area contributed by atoms with Crippen molar-refractivity contribution in [3.63, 3.8) is 0 Å². The maximum Gasteiger partial charge on any atom is 0.259 e. The van der Waals surface area contributed by atoms with Crippen molar-refractivity contribution in [2.45, 2.75) is 0 Å². The molecule has 2 rings (SSSR count). The van der Waals surface area contributed by atoms with Crippen LogP contribution in [0.25, 0.3) is 0 Å². The average molecular weight is 327 g/mol. The molecule has 1 heterocycles. The molecular weight excluding hydrogens is 318 g/mol. The van der Waals surface area contributed by atoms with Crippen molar-refractivity contribution >= 4 is 27.7 Å². The Morgan fingerprint density at radius 2 is 1.95 bits per heavy atom. The SMILES string of the molecule is CN(C(=O)c1ccc(F)c(F)c1)c1ccc(Br)cn1. The van der Waals surface area contributed by atoms with E-state index in [-0.39, 0.29) is 5.56 Å². The van der Waals surface area contributed by atoms with Crippen LogP contribution < -0.4 is 4.90 Å². The molecule has 0 N–H and O–H groups in total. The first-order valence-electron chi connectivity index (χ1n) is 5.33. The number of nitrogens with zero attached hydrogens (tertiary/aromatic N) is 2. The van der Waals surface area contributed by atoms with Crippen LogP contribution in [-0.4, -0.2) is 17.9 Å². The highest BCUT2D eigenvalue weighted by Crippen LogP contribution is 2.17. The van der Waals surface area contributed by atoms with Gasteiger partial charge in [-0.2, -0.15) is 0 Å². The van der Waals surface area contributed by atoms with E-state index >= 15 is 0 Å². The maximum atomic E-state index is 13.1. The van der Waals surface area contributed by atoms with Gasteiger partial charge in [-0.3, -0.25) is 9.69 Å². The van der Waals surface area contributed by atoms with E-state index in [9.17, 15) is 13.6 Å². The number of rotatable bonds is 2. The van der Waals surface area contributed by atoms with Gasteiger partial charge in [0.15, 0.2) is 11.6 Å². The standard InChI is InChI=1S/C13H9BrF2N2O/c1-18(12-5-3-9(14)7-17-12)13(19)8-2-4-10(15)11(16)6-8/h2-7H,1H3. The smallest absolute Gasteiger partial charge is 0.259 e. The van der Waals surface area contributed by atoms with Crippen molar-refractivity contribution in [3.05, 3.63) is 58.2 Å². The molecule has 0 saturated carbocycles. The number of benzene rings is 1. The van der Waals surface area contributed by atoms with Crippen LogP contribution >= 0.6 is 15.9 Å². The molecule has 0 aliphatic rings. The van der Waals surface area contributed by atoms with E-state index in [4.69, 9.17) is 0 Å². The Morgan fingerprint density at radius 1 is 1.21 bits per heavy atom. The minimum Gasteiger partial charge on any atom is -0.296 e. The molecule has 0 spiro atoms. The molecule has 0 radical (unpaired) electrons. The van der Waals surface area contributed by atoms with Gasteiger partial charge in [0, 0.05) is 23.3 Å². The van der Waals surface area contributed by atoms with E-state index in [2.05, 4.69) is 20.9 Å². The molecule has 0 aliphatic carbocycles. The molecular formula is C13H9BrF2N2O. The summed E-state index contributed by atoms with van der Waals surface area (Å²) in [7, 11) is 1.51. The fourth-order valence-corrected chi connectivity index (χ4v) is 1.73. The Morgan fingerprint density at radius 3 is 2.53 bits per heavy atom. The van der Waals surface area contributed by atoms with Gasteiger partial charge in [-0.15, -0.1) is 0 Å². The van der Waals surface area contributed by atoms with Crippen molar-refractivity contribution in [2.75, 3.05) is 11.9 Å². The molecule has 98 valence electrons. The first-order chi connectivity index (χ1) is 8.99. The van der Waals surface area contributed by atoms with Crippen molar-refractivity contribution in [1.29, 1.82) is 0 Å². The van der Waals surface area contributed by atoms with Crippen LogP contribution in [0, 0.1) is 11.6 Å². The van der Waals surface area contributed by atoms with Gasteiger partial charge in [0.2, 0.25) is 0 Å². The molecule has 0 bridgehead atoms. The number of carbonyl (C=O) groups excluding carboxylic acids is 1. The number of amides is 1. The van der Waals surface area contributed by atoms with E-state index in [1.165, 1.54) is 18.0 Å². The van der Waals surface area contributed by atoms with Gasteiger partial charge in [0.05, 0.1) is 0 Å². The molecule has 0 aliphatic heterocycles. The minimum absolute atomic E-state index is 0.0612. The second-order valence-corrected chi connectivity index (χ2v) is 4.74. The summed E-state index contributed by atoms with van der Waals surface area (Å²) in [6, 6.07) is 6.40. The second-order valence-electron chi connectivity index (χ2n) is 3.83. The van der Waals surface area contributed by atoms with Crippen LogP contribution in [0.1, 0.15) is 10.4 Å². The predicted molar refractivity (Wildman–Crippen MR) is 71.0 cm³/mol. The molecule has 6 heteroatoms. The lowest BCUT2D eigenvalue weighted by molar-refractivity contribution is 0.0991. The van der Waals surface area contributed by atoms with E-state index in [0.29, 0.717) is 5.82 Å². The van der Waals surface area contributed by atoms with Crippen LogP contribution in [0.4, 0.5) is 14.6 Å². The van der Waals surface area contributed by atoms with Crippen molar-refractivity contribution in [2.24, 2.45) is 0 Å². The average Bonchev–Trinajstić information content (AvgIpc) is 2.41. The third-order valence-electron chi connectivity index (χ3n) is 2.53. The zero-order chi connectivity index (χ0) is 14.0. The Labute approximate surface area is 117 Å². The molecule has 3 nitrogen and oxygen atoms in total. The van der Waals surface area contributed by atoms with Crippen molar-refractivity contribution in [3.8, 4) is 0 Å². The Bertz CT molecular complexity index is 617. The molecule has 1 amide bonds. The number of anilines is 1. The highest BCUT2D eigenvalue weighted by atomic mass is 79.9. The fourth-order valence-electron chi connectivity index (χ4n) is 1.49. The summed E-state index contributed by atoms with van der Waals surface area (Å²) in [5, 5.41) is 0. The summed E-state index contributed by atoms with van der Waals surface area (Å²) in [6.07, 6.45) is 1.55. The predicted octanol–water partition coefficient (Wildman–Crippen LogP) is 3.40. The van der Waals surface area contributed by atoms with Crippen molar-refractivity contribution < 1.29 is 13.6 Å². The zero-order valence-electron chi connectivity index (χ0n) is 9.90. The normalized spacial score (nSPS) is 10.3. The maximum absolute atomic E-state index is 13.1. The number of hydrogen-bond donors (Lipinski definition) is 0. The third kappa shape index (κ3) is 2.96. The number of hydrogen-bond acceptors (Lipinski definition) is 2. The second kappa shape index (κ2) is 5.44. The Kier molecular flexibility index (Phi) is 3.90. The summed E-state index contributed by atoms with van der Waals surface area (Å²) in [6.45, 7) is 0. The molecule has 0 fully saturated rings. The highest BCUT2D eigenvalue weighted by Gasteiger charge is 2.16. The lowest BCUT2D eigenvalue weighted by atomic mass is 10.2. The highest BCUT2D eigenvalue weighted by molar-refractivity contribution is 9.10. The van der Waals surface area contributed by atoms with Crippen LogP contribution in [0.5, 0.6) is 0 Å². The van der Waals surface area contributed by atoms with Crippen LogP contribution in [-0.2, 0) is 0 Å². The minimum atomic E-state index is -1.05. The van der Waals surface area contributed by atoms with Gasteiger partial charge in [-0.25, -0.2) is 13.8 Å². The third-order valence-corrected chi connectivity index (χ3v) is 3.00. The topological polar surface area (TPSA) is 33.2 Å². The van der Waals surface area contributed by atoms with E-state index in [1.54, 1.807) is 18.3 Å². The summed E-state index contributed by atoms with van der Waals surface area (Å²) in [5.74, 6) is -2.09. The molecule has 2 aromatic rings. The lowest BCUT2D eigenvalue weighted by Crippen LogP contribution is -2.27. The lowest BCUT2D eigenvalue weighted by Gasteiger charge is -2.16. The molecule has 19 heavy (non-hydrogen) atoms. The number of halogens is 3. The van der Waals surface area contributed by atoms with Gasteiger partial charge in [0.25, 0.3) is 5.91 Å². The van der Waals surface area contributed by atoms with Crippen LogP contribution in [0.15, 0.2) is 41.0 Å². The molecule has 1 aromatic carbocycles. The first kappa shape index (κ1) is 13.6. The van der Waals surface area contributed by atoms with Gasteiger partial charge >= 0.3 is 0 Å². The molecule has 1 aromatic heterocycles. The monoisotopic (exact) mass is 326 g/mol. The van der Waals surface area contributed by atoms with E-state index in [0.717, 1.165) is 16.6 Å². The Hall–Kier alpha value is -1.82. The molecule has 0 unspecified atom stereocenters. The fraction of sp³-hybridized carbons (Fsp3) is 0.0769. The van der Waals surface area contributed by atoms with E-state index < -0.39 is 17.5 Å². The summed E-state index contributed by atoms with van der Waals surface area (Å²) >= 11 is 3.24. The van der Waals surface area contributed by atoms with Crippen LogP contribution in [0.2, 0.25) is 0 Å². The van der Waals surface area contributed by atoms with Gasteiger partial charge < -0.3 is 0 Å². The summed E-state index contributed by atoms with van der Waals surface area (Å²) in [5.41, 5.74) is 0.0612. The largest absolute Gasteiger partial charge is 0.296 e. The summed E-state index contributed by atoms with van der Waals surface area (Å²) in [4.78, 5) is 17.4. The zero-order valence-corrected chi connectivity index (χ0v) is 11.5. The van der Waals surface area contributed by atoms with Gasteiger partial charge in [0.1, 0.15) is 5.82 Å². The molecule has 0 atom stereocenters.